The quantitative estimate of drug-likeness (QED) is 0.0922. The lowest BCUT2D eigenvalue weighted by molar-refractivity contribution is -0.118. The van der Waals surface area contributed by atoms with E-state index in [1.165, 1.54) is 0 Å². The first kappa shape index (κ1) is 35.6. The number of alkyl carbamates (subject to hydrolysis) is 1. The lowest BCUT2D eigenvalue weighted by Gasteiger charge is -2.37. The van der Waals surface area contributed by atoms with Crippen molar-refractivity contribution in [3.8, 4) is 0 Å². The molecule has 2 aromatic heterocycles. The number of imidazole rings is 2. The summed E-state index contributed by atoms with van der Waals surface area (Å²) in [6.45, 7) is 5.26. The van der Waals surface area contributed by atoms with Crippen molar-refractivity contribution in [1.29, 1.82) is 0 Å². The number of rotatable bonds is 11. The second-order valence-electron chi connectivity index (χ2n) is 14.0. The zero-order valence-corrected chi connectivity index (χ0v) is 30.2. The van der Waals surface area contributed by atoms with E-state index < -0.39 is 29.2 Å². The predicted molar refractivity (Wildman–Crippen MR) is 208 cm³/mol. The molecule has 0 bridgehead atoms. The van der Waals surface area contributed by atoms with Gasteiger partial charge in [-0.05, 0) is 55.7 Å². The second kappa shape index (κ2) is 15.0. The van der Waals surface area contributed by atoms with E-state index in [1.807, 2.05) is 79.0 Å². The van der Waals surface area contributed by atoms with Crippen molar-refractivity contribution in [2.24, 2.45) is 0 Å². The molecule has 3 N–H and O–H groups in total. The molecule has 270 valence electrons. The molecule has 0 spiro atoms. The fourth-order valence-corrected chi connectivity index (χ4v) is 6.68. The normalized spacial score (nSPS) is 12.2. The molecular formula is C44H40N6O4. The standard InChI is InChI=1S/C44H40N6O4/c1-43(2,3)54-42(53)48-38(40(52)49-41-46-36-25-24-31(26-37(36)47-41)39(51)30-16-8-4-9-17-30)27-35-28-50(29-45-35)44(32-18-10-5-11-19-32,33-20-12-6-13-21-33)34-22-14-7-15-23-34/h4-26,28-29,38H,27H2,1-3H3,(H,48,53)(H2,46,47,49,52)/t38-/m0/s1. The number of carbonyl (C=O) groups excluding carboxylic acids is 3. The van der Waals surface area contributed by atoms with Crippen LogP contribution in [0, 0.1) is 0 Å². The highest BCUT2D eigenvalue weighted by atomic mass is 16.6. The van der Waals surface area contributed by atoms with Crippen LogP contribution in [-0.2, 0) is 21.5 Å². The number of aromatic nitrogens is 4. The second-order valence-corrected chi connectivity index (χ2v) is 14.0. The molecule has 7 aromatic rings. The highest BCUT2D eigenvalue weighted by Crippen LogP contribution is 2.40. The summed E-state index contributed by atoms with van der Waals surface area (Å²) in [6, 6.07) is 43.6. The van der Waals surface area contributed by atoms with Gasteiger partial charge in [0.15, 0.2) is 5.78 Å². The molecule has 0 aliphatic heterocycles. The van der Waals surface area contributed by atoms with Crippen LogP contribution in [0.2, 0.25) is 0 Å². The number of hydrogen-bond acceptors (Lipinski definition) is 6. The van der Waals surface area contributed by atoms with Gasteiger partial charge in [-0.2, -0.15) is 0 Å². The average molecular weight is 717 g/mol. The Morgan fingerprint density at radius 1 is 0.741 bits per heavy atom. The van der Waals surface area contributed by atoms with Crippen molar-refractivity contribution in [3.63, 3.8) is 0 Å². The van der Waals surface area contributed by atoms with Gasteiger partial charge >= 0.3 is 6.09 Å². The minimum absolute atomic E-state index is 0.0441. The number of nitrogens with one attached hydrogen (secondary N) is 3. The molecule has 0 saturated heterocycles. The van der Waals surface area contributed by atoms with Gasteiger partial charge in [0.2, 0.25) is 11.9 Å². The smallest absolute Gasteiger partial charge is 0.408 e. The SMILES string of the molecule is CC(C)(C)OC(=O)N[C@@H](Cc1cn(C(c2ccccc2)(c2ccccc2)c2ccccc2)cn1)C(=O)Nc1nc2ccc(C(=O)c3ccccc3)cc2[nH]1. The molecule has 5 aromatic carbocycles. The van der Waals surface area contributed by atoms with Crippen molar-refractivity contribution in [3.05, 3.63) is 186 Å². The number of ether oxygens (including phenoxy) is 1. The molecule has 0 aliphatic rings. The molecule has 10 nitrogen and oxygen atoms in total. The molecule has 0 saturated carbocycles. The Morgan fingerprint density at radius 3 is 1.85 bits per heavy atom. The van der Waals surface area contributed by atoms with Crippen LogP contribution in [0.25, 0.3) is 11.0 Å². The van der Waals surface area contributed by atoms with E-state index in [0.717, 1.165) is 16.7 Å². The molecule has 0 aliphatic carbocycles. The van der Waals surface area contributed by atoms with Gasteiger partial charge in [-0.1, -0.05) is 121 Å². The molecule has 0 fully saturated rings. The predicted octanol–water partition coefficient (Wildman–Crippen LogP) is 7.91. The molecule has 10 heteroatoms. The maximum atomic E-state index is 14.0. The fraction of sp³-hybridized carbons (Fsp3) is 0.159. The molecule has 1 atom stereocenters. The third-order valence-corrected chi connectivity index (χ3v) is 9.04. The zero-order valence-electron chi connectivity index (χ0n) is 30.2. The third kappa shape index (κ3) is 7.54. The Hall–Kier alpha value is -6.81. The van der Waals surface area contributed by atoms with Crippen LogP contribution < -0.4 is 10.6 Å². The maximum absolute atomic E-state index is 14.0. The number of aromatic amines is 1. The minimum Gasteiger partial charge on any atom is -0.444 e. The summed E-state index contributed by atoms with van der Waals surface area (Å²) < 4.78 is 7.60. The van der Waals surface area contributed by atoms with Crippen LogP contribution in [0.15, 0.2) is 152 Å². The zero-order chi connectivity index (χ0) is 37.7. The summed E-state index contributed by atoms with van der Waals surface area (Å²) >= 11 is 0. The van der Waals surface area contributed by atoms with Crippen molar-refractivity contribution in [2.45, 2.75) is 44.4 Å². The minimum atomic E-state index is -1.09. The van der Waals surface area contributed by atoms with Gasteiger partial charge in [-0.25, -0.2) is 14.8 Å². The number of carbonyl (C=O) groups is 3. The first-order valence-electron chi connectivity index (χ1n) is 17.7. The van der Waals surface area contributed by atoms with E-state index in [0.29, 0.717) is 27.9 Å². The lowest BCUT2D eigenvalue weighted by atomic mass is 9.77. The highest BCUT2D eigenvalue weighted by Gasteiger charge is 2.38. The van der Waals surface area contributed by atoms with Gasteiger partial charge in [-0.15, -0.1) is 0 Å². The average Bonchev–Trinajstić information content (AvgIpc) is 3.82. The van der Waals surface area contributed by atoms with E-state index in [-0.39, 0.29) is 18.2 Å². The summed E-state index contributed by atoms with van der Waals surface area (Å²) in [5.74, 6) is -0.498. The van der Waals surface area contributed by atoms with Crippen LogP contribution >= 0.6 is 0 Å². The Bertz CT molecular complexity index is 2290. The first-order valence-corrected chi connectivity index (χ1v) is 17.7. The number of amides is 2. The topological polar surface area (TPSA) is 131 Å². The van der Waals surface area contributed by atoms with E-state index in [9.17, 15) is 14.4 Å². The number of hydrogen-bond donors (Lipinski definition) is 3. The van der Waals surface area contributed by atoms with Gasteiger partial charge in [0, 0.05) is 23.7 Å². The van der Waals surface area contributed by atoms with Crippen LogP contribution in [0.4, 0.5) is 10.7 Å². The van der Waals surface area contributed by atoms with Crippen molar-refractivity contribution < 1.29 is 19.1 Å². The number of nitrogens with zero attached hydrogens (tertiary/aromatic N) is 3. The summed E-state index contributed by atoms with van der Waals surface area (Å²) in [5.41, 5.74) is 4.20. The van der Waals surface area contributed by atoms with E-state index in [1.54, 1.807) is 57.4 Å². The van der Waals surface area contributed by atoms with Gasteiger partial charge in [0.05, 0.1) is 23.1 Å². The number of H-pyrrole nitrogens is 1. The lowest BCUT2D eigenvalue weighted by Crippen LogP contribution is -2.47. The monoisotopic (exact) mass is 716 g/mol. The molecule has 0 radical (unpaired) electrons. The van der Waals surface area contributed by atoms with E-state index >= 15 is 0 Å². The first-order chi connectivity index (χ1) is 26.1. The molecular weight excluding hydrogens is 677 g/mol. The van der Waals surface area contributed by atoms with Crippen LogP contribution in [0.3, 0.4) is 0 Å². The van der Waals surface area contributed by atoms with Crippen molar-refractivity contribution in [1.82, 2.24) is 24.8 Å². The number of fused-ring (bicyclic) bond motifs is 1. The molecule has 2 heterocycles. The largest absolute Gasteiger partial charge is 0.444 e. The van der Waals surface area contributed by atoms with Gasteiger partial charge in [-0.3, -0.25) is 14.9 Å². The Morgan fingerprint density at radius 2 is 1.30 bits per heavy atom. The Kier molecular flexibility index (Phi) is 9.91. The molecule has 54 heavy (non-hydrogen) atoms. The Labute approximate surface area is 313 Å². The number of benzene rings is 5. The highest BCUT2D eigenvalue weighted by molar-refractivity contribution is 6.10. The van der Waals surface area contributed by atoms with Gasteiger partial charge in [0.25, 0.3) is 0 Å². The molecule has 0 unspecified atom stereocenters. The van der Waals surface area contributed by atoms with Crippen LogP contribution in [0.5, 0.6) is 0 Å². The third-order valence-electron chi connectivity index (χ3n) is 9.04. The summed E-state index contributed by atoms with van der Waals surface area (Å²) in [7, 11) is 0. The fourth-order valence-electron chi connectivity index (χ4n) is 6.68. The summed E-state index contributed by atoms with van der Waals surface area (Å²) in [6.07, 6.45) is 2.97. The molecule has 2 amide bonds. The van der Waals surface area contributed by atoms with Gasteiger partial charge < -0.3 is 19.6 Å². The van der Waals surface area contributed by atoms with E-state index in [4.69, 9.17) is 9.72 Å². The summed E-state index contributed by atoms with van der Waals surface area (Å²) in [5, 5.41) is 5.57. The van der Waals surface area contributed by atoms with E-state index in [2.05, 4.69) is 61.6 Å². The van der Waals surface area contributed by atoms with Crippen molar-refractivity contribution in [2.75, 3.05) is 5.32 Å². The number of ketones is 1. The van der Waals surface area contributed by atoms with Crippen LogP contribution in [-0.4, -0.2) is 48.9 Å². The molecule has 7 rings (SSSR count). The van der Waals surface area contributed by atoms with Gasteiger partial charge in [0.1, 0.15) is 17.2 Å². The maximum Gasteiger partial charge on any atom is 0.408 e. The van der Waals surface area contributed by atoms with Crippen molar-refractivity contribution >= 4 is 34.8 Å². The van der Waals surface area contributed by atoms with Crippen LogP contribution in [0.1, 0.15) is 59.1 Å². The Balaban J connectivity index is 1.21. The number of anilines is 1. The summed E-state index contributed by atoms with van der Waals surface area (Å²) in [4.78, 5) is 52.6.